The molecule has 0 radical (unpaired) electrons. The Bertz CT molecular complexity index is 528. The normalized spacial score (nSPS) is 13.7. The SMILES string of the molecule is CCCC[C@H](OC(=O)NC(C)(C)C)[C@@H](O)C(=O)Nc1ccccn1. The molecule has 0 unspecified atom stereocenters. The highest BCUT2D eigenvalue weighted by atomic mass is 16.6. The predicted molar refractivity (Wildman–Crippen MR) is 91.6 cm³/mol. The monoisotopic (exact) mass is 337 g/mol. The van der Waals surface area contributed by atoms with Crippen LogP contribution in [0.5, 0.6) is 0 Å². The Balaban J connectivity index is 2.71. The van der Waals surface area contributed by atoms with Crippen LogP contribution >= 0.6 is 0 Å². The Hall–Kier alpha value is -2.15. The molecule has 0 aliphatic heterocycles. The van der Waals surface area contributed by atoms with Gasteiger partial charge in [-0.05, 0) is 45.7 Å². The summed E-state index contributed by atoms with van der Waals surface area (Å²) in [4.78, 5) is 28.1. The third-order valence-electron chi connectivity index (χ3n) is 3.11. The highest BCUT2D eigenvalue weighted by Crippen LogP contribution is 2.13. The van der Waals surface area contributed by atoms with E-state index >= 15 is 0 Å². The van der Waals surface area contributed by atoms with Gasteiger partial charge in [-0.15, -0.1) is 0 Å². The van der Waals surface area contributed by atoms with Gasteiger partial charge in [0, 0.05) is 11.7 Å². The lowest BCUT2D eigenvalue weighted by molar-refractivity contribution is -0.130. The molecule has 7 nitrogen and oxygen atoms in total. The summed E-state index contributed by atoms with van der Waals surface area (Å²) in [5.74, 6) is -0.326. The number of unbranched alkanes of at least 4 members (excludes halogenated alkanes) is 1. The number of carbonyl (C=O) groups is 2. The van der Waals surface area contributed by atoms with E-state index in [0.29, 0.717) is 12.2 Å². The summed E-state index contributed by atoms with van der Waals surface area (Å²) in [7, 11) is 0. The van der Waals surface area contributed by atoms with E-state index in [1.54, 1.807) is 18.2 Å². The molecule has 1 rings (SSSR count). The number of pyridine rings is 1. The molecule has 1 aromatic heterocycles. The van der Waals surface area contributed by atoms with Crippen LogP contribution in [-0.4, -0.2) is 39.8 Å². The minimum atomic E-state index is -1.47. The van der Waals surface area contributed by atoms with Crippen molar-refractivity contribution in [2.45, 2.75) is 64.7 Å². The Labute approximate surface area is 142 Å². The highest BCUT2D eigenvalue weighted by molar-refractivity contribution is 5.93. The van der Waals surface area contributed by atoms with Gasteiger partial charge in [0.2, 0.25) is 0 Å². The van der Waals surface area contributed by atoms with Crippen LogP contribution in [0, 0.1) is 0 Å². The van der Waals surface area contributed by atoms with Crippen LogP contribution in [0.2, 0.25) is 0 Å². The number of carbonyl (C=O) groups excluding carboxylic acids is 2. The number of rotatable bonds is 7. The zero-order valence-corrected chi connectivity index (χ0v) is 14.7. The first-order valence-corrected chi connectivity index (χ1v) is 8.11. The number of ether oxygens (including phenoxy) is 1. The molecule has 3 N–H and O–H groups in total. The largest absolute Gasteiger partial charge is 0.443 e. The van der Waals surface area contributed by atoms with E-state index in [4.69, 9.17) is 4.74 Å². The van der Waals surface area contributed by atoms with Crippen LogP contribution < -0.4 is 10.6 Å². The summed E-state index contributed by atoms with van der Waals surface area (Å²) in [6.45, 7) is 7.44. The molecule has 0 saturated carbocycles. The lowest BCUT2D eigenvalue weighted by Crippen LogP contribution is -2.46. The van der Waals surface area contributed by atoms with Crippen molar-refractivity contribution in [3.8, 4) is 0 Å². The van der Waals surface area contributed by atoms with E-state index in [0.717, 1.165) is 12.8 Å². The quantitative estimate of drug-likeness (QED) is 0.709. The lowest BCUT2D eigenvalue weighted by atomic mass is 10.1. The first-order valence-electron chi connectivity index (χ1n) is 8.11. The number of alkyl carbamates (subject to hydrolysis) is 1. The molecule has 0 aliphatic carbocycles. The van der Waals surface area contributed by atoms with E-state index in [9.17, 15) is 14.7 Å². The maximum Gasteiger partial charge on any atom is 0.407 e. The zero-order valence-electron chi connectivity index (χ0n) is 14.7. The van der Waals surface area contributed by atoms with Crippen LogP contribution in [0.15, 0.2) is 24.4 Å². The van der Waals surface area contributed by atoms with Crippen LogP contribution in [0.3, 0.4) is 0 Å². The average Bonchev–Trinajstić information content (AvgIpc) is 2.49. The minimum Gasteiger partial charge on any atom is -0.443 e. The van der Waals surface area contributed by atoms with Gasteiger partial charge in [-0.3, -0.25) is 4.79 Å². The molecule has 0 aliphatic rings. The molecule has 0 spiro atoms. The number of nitrogens with one attached hydrogen (secondary N) is 2. The van der Waals surface area contributed by atoms with Gasteiger partial charge in [-0.25, -0.2) is 9.78 Å². The van der Waals surface area contributed by atoms with Crippen molar-refractivity contribution in [2.24, 2.45) is 0 Å². The van der Waals surface area contributed by atoms with E-state index in [1.807, 2.05) is 27.7 Å². The molecule has 0 fully saturated rings. The van der Waals surface area contributed by atoms with Crippen molar-refractivity contribution in [3.63, 3.8) is 0 Å². The highest BCUT2D eigenvalue weighted by Gasteiger charge is 2.30. The van der Waals surface area contributed by atoms with Gasteiger partial charge in [0.05, 0.1) is 0 Å². The number of amides is 2. The van der Waals surface area contributed by atoms with Gasteiger partial charge in [-0.1, -0.05) is 19.4 Å². The van der Waals surface area contributed by atoms with Crippen LogP contribution in [0.1, 0.15) is 47.0 Å². The molecule has 134 valence electrons. The number of hydrogen-bond donors (Lipinski definition) is 3. The molecule has 2 amide bonds. The minimum absolute atomic E-state index is 0.329. The summed E-state index contributed by atoms with van der Waals surface area (Å²) in [6.07, 6.45) is 0.458. The summed E-state index contributed by atoms with van der Waals surface area (Å²) in [5.41, 5.74) is -0.465. The number of hydrogen-bond acceptors (Lipinski definition) is 5. The molecule has 0 saturated heterocycles. The van der Waals surface area contributed by atoms with Crippen LogP contribution in [-0.2, 0) is 9.53 Å². The van der Waals surface area contributed by atoms with Crippen molar-refractivity contribution < 1.29 is 19.4 Å². The molecular formula is C17H27N3O4. The number of aliphatic hydroxyl groups excluding tert-OH is 1. The first kappa shape index (κ1) is 19.9. The van der Waals surface area contributed by atoms with Crippen molar-refractivity contribution in [3.05, 3.63) is 24.4 Å². The van der Waals surface area contributed by atoms with Crippen molar-refractivity contribution in [1.82, 2.24) is 10.3 Å². The second-order valence-corrected chi connectivity index (χ2v) is 6.61. The zero-order chi connectivity index (χ0) is 18.2. The van der Waals surface area contributed by atoms with Gasteiger partial charge >= 0.3 is 6.09 Å². The maximum absolute atomic E-state index is 12.2. The van der Waals surface area contributed by atoms with Crippen molar-refractivity contribution in [2.75, 3.05) is 5.32 Å². The van der Waals surface area contributed by atoms with Gasteiger partial charge < -0.3 is 20.5 Å². The standard InChI is InChI=1S/C17H27N3O4/c1-5-6-9-12(24-16(23)20-17(2,3)4)14(21)15(22)19-13-10-7-8-11-18-13/h7-8,10-12,14,21H,5-6,9H2,1-4H3,(H,20,23)(H,18,19,22)/t12-,14+/m0/s1. The van der Waals surface area contributed by atoms with Gasteiger partial charge in [0.25, 0.3) is 5.91 Å². The van der Waals surface area contributed by atoms with Gasteiger partial charge in [0.15, 0.2) is 6.10 Å². The lowest BCUT2D eigenvalue weighted by Gasteiger charge is -2.26. The molecule has 24 heavy (non-hydrogen) atoms. The summed E-state index contributed by atoms with van der Waals surface area (Å²) in [6, 6.07) is 5.05. The number of nitrogens with zero attached hydrogens (tertiary/aromatic N) is 1. The fourth-order valence-electron chi connectivity index (χ4n) is 1.97. The van der Waals surface area contributed by atoms with E-state index in [1.165, 1.54) is 6.20 Å². The summed E-state index contributed by atoms with van der Waals surface area (Å²) in [5, 5.41) is 15.4. The third-order valence-corrected chi connectivity index (χ3v) is 3.11. The van der Waals surface area contributed by atoms with Crippen molar-refractivity contribution in [1.29, 1.82) is 0 Å². The smallest absolute Gasteiger partial charge is 0.407 e. The Morgan fingerprint density at radius 1 is 1.33 bits per heavy atom. The molecule has 2 atom stereocenters. The third kappa shape index (κ3) is 7.41. The second-order valence-electron chi connectivity index (χ2n) is 6.61. The van der Waals surface area contributed by atoms with Crippen LogP contribution in [0.25, 0.3) is 0 Å². The maximum atomic E-state index is 12.2. The Morgan fingerprint density at radius 2 is 2.04 bits per heavy atom. The Kier molecular flexibility index (Phi) is 7.64. The molecule has 0 aromatic carbocycles. The topological polar surface area (TPSA) is 101 Å². The van der Waals surface area contributed by atoms with E-state index in [-0.39, 0.29) is 0 Å². The number of aromatic nitrogens is 1. The average molecular weight is 337 g/mol. The van der Waals surface area contributed by atoms with E-state index in [2.05, 4.69) is 15.6 Å². The molecule has 7 heteroatoms. The second kappa shape index (κ2) is 9.22. The van der Waals surface area contributed by atoms with Crippen molar-refractivity contribution >= 4 is 17.8 Å². The summed E-state index contributed by atoms with van der Waals surface area (Å²) < 4.78 is 5.27. The fourth-order valence-corrected chi connectivity index (χ4v) is 1.97. The fraction of sp³-hybridized carbons (Fsp3) is 0.588. The molecule has 0 bridgehead atoms. The molecule has 1 heterocycles. The number of aliphatic hydroxyl groups is 1. The number of anilines is 1. The van der Waals surface area contributed by atoms with E-state index < -0.39 is 29.7 Å². The summed E-state index contributed by atoms with van der Waals surface area (Å²) >= 11 is 0. The van der Waals surface area contributed by atoms with Crippen LogP contribution in [0.4, 0.5) is 10.6 Å². The van der Waals surface area contributed by atoms with Gasteiger partial charge in [-0.2, -0.15) is 0 Å². The molecule has 1 aromatic rings. The predicted octanol–water partition coefficient (Wildman–Crippen LogP) is 2.46. The first-order chi connectivity index (χ1) is 11.2. The molecular weight excluding hydrogens is 310 g/mol. The van der Waals surface area contributed by atoms with Gasteiger partial charge in [0.1, 0.15) is 11.9 Å². The Morgan fingerprint density at radius 3 is 2.58 bits per heavy atom.